The molecule has 1 aliphatic rings. The van der Waals surface area contributed by atoms with Crippen LogP contribution in [0.4, 0.5) is 11.5 Å². The van der Waals surface area contributed by atoms with Crippen LogP contribution in [-0.2, 0) is 14.4 Å². The molecular formula is C31H35ClN4O3. The zero-order valence-corrected chi connectivity index (χ0v) is 23.2. The summed E-state index contributed by atoms with van der Waals surface area (Å²) < 4.78 is 0. The SMILES string of the molecule is Cc1cccc(N(C(=O)CCCC(=O)Nc2ccccn2)C(C(=O)NC2CCCC2)c2ccc(Cl)cc2)c1C. The van der Waals surface area contributed by atoms with E-state index in [9.17, 15) is 14.4 Å². The van der Waals surface area contributed by atoms with E-state index in [0.717, 1.165) is 36.8 Å². The number of nitrogens with zero attached hydrogens (tertiary/aromatic N) is 2. The summed E-state index contributed by atoms with van der Waals surface area (Å²) in [6.45, 7) is 3.94. The molecule has 39 heavy (non-hydrogen) atoms. The molecule has 0 radical (unpaired) electrons. The van der Waals surface area contributed by atoms with Crippen LogP contribution >= 0.6 is 11.6 Å². The number of carbonyl (C=O) groups is 3. The van der Waals surface area contributed by atoms with E-state index in [1.807, 2.05) is 32.0 Å². The predicted molar refractivity (Wildman–Crippen MR) is 155 cm³/mol. The molecule has 3 amide bonds. The van der Waals surface area contributed by atoms with Gasteiger partial charge in [0.05, 0.1) is 0 Å². The quantitative estimate of drug-likeness (QED) is 0.312. The average Bonchev–Trinajstić information content (AvgIpc) is 3.43. The van der Waals surface area contributed by atoms with Crippen LogP contribution < -0.4 is 15.5 Å². The van der Waals surface area contributed by atoms with Gasteiger partial charge in [-0.3, -0.25) is 19.3 Å². The molecule has 1 saturated carbocycles. The fourth-order valence-electron chi connectivity index (χ4n) is 4.99. The van der Waals surface area contributed by atoms with E-state index in [1.54, 1.807) is 53.6 Å². The Labute approximate surface area is 235 Å². The third-order valence-corrected chi connectivity index (χ3v) is 7.48. The summed E-state index contributed by atoms with van der Waals surface area (Å²) in [5.41, 5.74) is 3.30. The summed E-state index contributed by atoms with van der Waals surface area (Å²) in [6, 6.07) is 17.3. The van der Waals surface area contributed by atoms with E-state index in [0.29, 0.717) is 28.5 Å². The van der Waals surface area contributed by atoms with Crippen LogP contribution in [0.1, 0.15) is 67.7 Å². The van der Waals surface area contributed by atoms with E-state index in [2.05, 4.69) is 15.6 Å². The smallest absolute Gasteiger partial charge is 0.248 e. The third kappa shape index (κ3) is 7.45. The monoisotopic (exact) mass is 546 g/mol. The number of anilines is 2. The van der Waals surface area contributed by atoms with Gasteiger partial charge >= 0.3 is 0 Å². The molecule has 1 aromatic heterocycles. The number of hydrogen-bond donors (Lipinski definition) is 2. The molecule has 204 valence electrons. The number of carbonyl (C=O) groups excluding carboxylic acids is 3. The highest BCUT2D eigenvalue weighted by Gasteiger charge is 2.35. The number of nitrogens with one attached hydrogen (secondary N) is 2. The first-order valence-electron chi connectivity index (χ1n) is 13.5. The van der Waals surface area contributed by atoms with Crippen LogP contribution in [0.5, 0.6) is 0 Å². The maximum Gasteiger partial charge on any atom is 0.248 e. The Bertz CT molecular complexity index is 1290. The molecule has 1 fully saturated rings. The van der Waals surface area contributed by atoms with E-state index in [-0.39, 0.29) is 36.6 Å². The first kappa shape index (κ1) is 28.3. The number of aryl methyl sites for hydroxylation is 1. The Hall–Kier alpha value is -3.71. The van der Waals surface area contributed by atoms with Crippen LogP contribution in [-0.4, -0.2) is 28.7 Å². The number of hydrogen-bond acceptors (Lipinski definition) is 4. The minimum atomic E-state index is -0.877. The number of amides is 3. The van der Waals surface area contributed by atoms with Gasteiger partial charge in [0.1, 0.15) is 11.9 Å². The van der Waals surface area contributed by atoms with Gasteiger partial charge in [0.15, 0.2) is 0 Å². The Morgan fingerprint density at radius 3 is 2.41 bits per heavy atom. The highest BCUT2D eigenvalue weighted by molar-refractivity contribution is 6.30. The zero-order valence-electron chi connectivity index (χ0n) is 22.5. The first-order valence-corrected chi connectivity index (χ1v) is 13.9. The molecule has 0 saturated heterocycles. The van der Waals surface area contributed by atoms with Crippen molar-refractivity contribution < 1.29 is 14.4 Å². The van der Waals surface area contributed by atoms with Crippen LogP contribution in [0.25, 0.3) is 0 Å². The van der Waals surface area contributed by atoms with E-state index in [4.69, 9.17) is 11.6 Å². The topological polar surface area (TPSA) is 91.4 Å². The van der Waals surface area contributed by atoms with Crippen LogP contribution in [0.15, 0.2) is 66.9 Å². The van der Waals surface area contributed by atoms with Gasteiger partial charge in [-0.2, -0.15) is 0 Å². The molecule has 1 unspecified atom stereocenters. The third-order valence-electron chi connectivity index (χ3n) is 7.22. The fraction of sp³-hybridized carbons (Fsp3) is 0.355. The van der Waals surface area contributed by atoms with Gasteiger partial charge in [0.2, 0.25) is 17.7 Å². The molecular weight excluding hydrogens is 512 g/mol. The summed E-state index contributed by atoms with van der Waals surface area (Å²) in [7, 11) is 0. The maximum absolute atomic E-state index is 13.9. The fourth-order valence-corrected chi connectivity index (χ4v) is 5.12. The Morgan fingerprint density at radius 2 is 1.72 bits per heavy atom. The minimum Gasteiger partial charge on any atom is -0.351 e. The van der Waals surface area contributed by atoms with Crippen molar-refractivity contribution in [1.29, 1.82) is 0 Å². The van der Waals surface area contributed by atoms with Crippen LogP contribution in [0.3, 0.4) is 0 Å². The molecule has 4 rings (SSSR count). The summed E-state index contributed by atoms with van der Waals surface area (Å²) in [5.74, 6) is -0.188. The Kier molecular flexibility index (Phi) is 9.71. The lowest BCUT2D eigenvalue weighted by atomic mass is 9.99. The van der Waals surface area contributed by atoms with Gasteiger partial charge in [-0.15, -0.1) is 0 Å². The van der Waals surface area contributed by atoms with Gasteiger partial charge in [0.25, 0.3) is 0 Å². The standard InChI is InChI=1S/C31H35ClN4O3/c1-21-9-7-12-26(22(21)2)36(29(38)15-8-14-28(37)35-27-13-5-6-20-33-27)30(23-16-18-24(32)19-17-23)31(39)34-25-10-3-4-11-25/h5-7,9,12-13,16-20,25,30H,3-4,8,10-11,14-15H2,1-2H3,(H,34,39)(H,33,35,37). The molecule has 0 aliphatic heterocycles. The van der Waals surface area contributed by atoms with Gasteiger partial charge in [-0.25, -0.2) is 4.98 Å². The lowest BCUT2D eigenvalue weighted by Crippen LogP contribution is -2.46. The summed E-state index contributed by atoms with van der Waals surface area (Å²) in [4.78, 5) is 46.0. The minimum absolute atomic E-state index is 0.0955. The van der Waals surface area contributed by atoms with Crippen molar-refractivity contribution >= 4 is 40.8 Å². The number of rotatable bonds is 10. The van der Waals surface area contributed by atoms with E-state index < -0.39 is 6.04 Å². The van der Waals surface area contributed by atoms with Gasteiger partial charge in [-0.05, 0) is 80.1 Å². The summed E-state index contributed by atoms with van der Waals surface area (Å²) in [6.07, 6.45) is 6.22. The molecule has 1 aliphatic carbocycles. The van der Waals surface area contributed by atoms with E-state index in [1.165, 1.54) is 0 Å². The number of halogens is 1. The van der Waals surface area contributed by atoms with Gasteiger partial charge in [-0.1, -0.05) is 54.8 Å². The predicted octanol–water partition coefficient (Wildman–Crippen LogP) is 6.29. The molecule has 1 heterocycles. The van der Waals surface area contributed by atoms with Gasteiger partial charge < -0.3 is 10.6 Å². The van der Waals surface area contributed by atoms with Gasteiger partial charge in [0, 0.05) is 35.8 Å². The molecule has 2 N–H and O–H groups in total. The first-order chi connectivity index (χ1) is 18.8. The second-order valence-corrected chi connectivity index (χ2v) is 10.5. The van der Waals surface area contributed by atoms with Crippen molar-refractivity contribution in [1.82, 2.24) is 10.3 Å². The largest absolute Gasteiger partial charge is 0.351 e. The van der Waals surface area contributed by atoms with Crippen molar-refractivity contribution in [2.24, 2.45) is 0 Å². The second-order valence-electron chi connectivity index (χ2n) is 10.0. The molecule has 8 heteroatoms. The number of aromatic nitrogens is 1. The number of pyridine rings is 1. The zero-order chi connectivity index (χ0) is 27.8. The Morgan fingerprint density at radius 1 is 0.974 bits per heavy atom. The number of benzene rings is 2. The van der Waals surface area contributed by atoms with Crippen molar-refractivity contribution in [3.8, 4) is 0 Å². The molecule has 0 spiro atoms. The summed E-state index contributed by atoms with van der Waals surface area (Å²) in [5, 5.41) is 6.50. The molecule has 1 atom stereocenters. The highest BCUT2D eigenvalue weighted by Crippen LogP contribution is 2.34. The molecule has 7 nitrogen and oxygen atoms in total. The lowest BCUT2D eigenvalue weighted by molar-refractivity contribution is -0.127. The van der Waals surface area contributed by atoms with Crippen molar-refractivity contribution in [3.05, 3.63) is 88.6 Å². The lowest BCUT2D eigenvalue weighted by Gasteiger charge is -2.34. The molecule has 0 bridgehead atoms. The highest BCUT2D eigenvalue weighted by atomic mass is 35.5. The average molecular weight is 547 g/mol. The van der Waals surface area contributed by atoms with Crippen molar-refractivity contribution in [3.63, 3.8) is 0 Å². The van der Waals surface area contributed by atoms with Crippen LogP contribution in [0, 0.1) is 13.8 Å². The molecule has 3 aromatic rings. The molecule has 2 aromatic carbocycles. The second kappa shape index (κ2) is 13.4. The van der Waals surface area contributed by atoms with Crippen molar-refractivity contribution in [2.75, 3.05) is 10.2 Å². The summed E-state index contributed by atoms with van der Waals surface area (Å²) >= 11 is 6.17. The van der Waals surface area contributed by atoms with E-state index >= 15 is 0 Å². The van der Waals surface area contributed by atoms with Crippen LogP contribution in [0.2, 0.25) is 5.02 Å². The maximum atomic E-state index is 13.9. The normalized spacial score (nSPS) is 14.0. The Balaban J connectivity index is 1.61. The van der Waals surface area contributed by atoms with Crippen molar-refractivity contribution in [2.45, 2.75) is 70.9 Å².